The van der Waals surface area contributed by atoms with Gasteiger partial charge in [-0.05, 0) is 49.9 Å². The molecule has 0 amide bonds. The molecule has 0 spiro atoms. The predicted octanol–water partition coefficient (Wildman–Crippen LogP) is 3.53. The molecule has 23 heavy (non-hydrogen) atoms. The number of nitrogens with zero attached hydrogens (tertiary/aromatic N) is 2. The first-order chi connectivity index (χ1) is 10.8. The van der Waals surface area contributed by atoms with Gasteiger partial charge in [-0.25, -0.2) is 4.39 Å². The van der Waals surface area contributed by atoms with Gasteiger partial charge in [-0.15, -0.1) is 24.0 Å². The van der Waals surface area contributed by atoms with E-state index < -0.39 is 0 Å². The molecule has 0 radical (unpaired) electrons. The van der Waals surface area contributed by atoms with Gasteiger partial charge in [0, 0.05) is 43.3 Å². The zero-order valence-electron chi connectivity index (χ0n) is 13.4. The molecule has 0 aliphatic carbocycles. The van der Waals surface area contributed by atoms with Crippen molar-refractivity contribution >= 4 is 40.8 Å². The largest absolute Gasteiger partial charge is 0.361 e. The van der Waals surface area contributed by atoms with Gasteiger partial charge in [0.05, 0.1) is 0 Å². The number of nitrogens with one attached hydrogen (secondary N) is 2. The number of aromatic amines is 1. The molecule has 2 aromatic rings. The molecule has 0 saturated carbocycles. The minimum absolute atomic E-state index is 0. The van der Waals surface area contributed by atoms with Gasteiger partial charge in [-0.3, -0.25) is 4.99 Å². The monoisotopic (exact) mass is 430 g/mol. The Morgan fingerprint density at radius 2 is 2.13 bits per heavy atom. The fourth-order valence-electron chi connectivity index (χ4n) is 2.99. The average Bonchev–Trinajstić information content (AvgIpc) is 3.16. The Hall–Kier alpha value is -1.31. The van der Waals surface area contributed by atoms with E-state index in [1.165, 1.54) is 18.9 Å². The Bertz CT molecular complexity index is 662. The fraction of sp³-hybridized carbons (Fsp3) is 0.471. The van der Waals surface area contributed by atoms with Crippen molar-refractivity contribution in [3.63, 3.8) is 0 Å². The van der Waals surface area contributed by atoms with Crippen molar-refractivity contribution in [3.05, 3.63) is 35.8 Å². The second-order valence-electron chi connectivity index (χ2n) is 5.68. The molecular formula is C17H24FIN4. The van der Waals surface area contributed by atoms with Gasteiger partial charge in [-0.2, -0.15) is 0 Å². The van der Waals surface area contributed by atoms with Gasteiger partial charge >= 0.3 is 0 Å². The Labute approximate surface area is 153 Å². The molecule has 2 N–H and O–H groups in total. The van der Waals surface area contributed by atoms with E-state index in [4.69, 9.17) is 4.99 Å². The lowest BCUT2D eigenvalue weighted by molar-refractivity contribution is 0.494. The maximum Gasteiger partial charge on any atom is 0.193 e. The van der Waals surface area contributed by atoms with Crippen LogP contribution in [-0.2, 0) is 6.42 Å². The van der Waals surface area contributed by atoms with E-state index >= 15 is 0 Å². The summed E-state index contributed by atoms with van der Waals surface area (Å²) in [5.74, 6) is 0.813. The van der Waals surface area contributed by atoms with Gasteiger partial charge in [0.15, 0.2) is 5.96 Å². The van der Waals surface area contributed by atoms with Crippen LogP contribution >= 0.6 is 24.0 Å². The van der Waals surface area contributed by atoms with Crippen LogP contribution in [0.5, 0.6) is 0 Å². The topological polar surface area (TPSA) is 43.4 Å². The number of fused-ring (bicyclic) bond motifs is 1. The molecule has 0 bridgehead atoms. The molecule has 0 unspecified atom stereocenters. The van der Waals surface area contributed by atoms with Gasteiger partial charge in [0.25, 0.3) is 0 Å². The highest BCUT2D eigenvalue weighted by Gasteiger charge is 2.15. The second kappa shape index (κ2) is 8.52. The van der Waals surface area contributed by atoms with E-state index in [0.29, 0.717) is 6.54 Å². The Kier molecular flexibility index (Phi) is 6.68. The van der Waals surface area contributed by atoms with Crippen molar-refractivity contribution in [3.8, 4) is 0 Å². The van der Waals surface area contributed by atoms with Crippen LogP contribution in [0.25, 0.3) is 10.9 Å². The zero-order chi connectivity index (χ0) is 15.4. The number of aromatic nitrogens is 1. The average molecular weight is 430 g/mol. The summed E-state index contributed by atoms with van der Waals surface area (Å²) < 4.78 is 13.4. The van der Waals surface area contributed by atoms with E-state index in [1.807, 2.05) is 6.20 Å². The molecule has 2 heterocycles. The van der Waals surface area contributed by atoms with Crippen LogP contribution in [0.2, 0.25) is 0 Å². The standard InChI is InChI=1S/C17H23FN4.HI/c1-2-19-17(22-9-3-4-10-22)20-8-7-13-12-21-16-6-5-14(18)11-15(13)16;/h5-6,11-12,21H,2-4,7-10H2,1H3,(H,19,20);1H. The third-order valence-corrected chi connectivity index (χ3v) is 4.11. The van der Waals surface area contributed by atoms with Crippen LogP contribution < -0.4 is 5.32 Å². The van der Waals surface area contributed by atoms with Gasteiger partial charge < -0.3 is 15.2 Å². The number of benzene rings is 1. The lowest BCUT2D eigenvalue weighted by atomic mass is 10.1. The van der Waals surface area contributed by atoms with Crippen molar-refractivity contribution in [2.24, 2.45) is 4.99 Å². The smallest absolute Gasteiger partial charge is 0.193 e. The minimum Gasteiger partial charge on any atom is -0.361 e. The van der Waals surface area contributed by atoms with Gasteiger partial charge in [-0.1, -0.05) is 0 Å². The Balaban J connectivity index is 0.00000192. The van der Waals surface area contributed by atoms with Crippen LogP contribution in [0.15, 0.2) is 29.4 Å². The summed E-state index contributed by atoms with van der Waals surface area (Å²) >= 11 is 0. The molecule has 1 aliphatic rings. The van der Waals surface area contributed by atoms with Crippen molar-refractivity contribution in [1.82, 2.24) is 15.2 Å². The number of aliphatic imine (C=N–C) groups is 1. The number of H-pyrrole nitrogens is 1. The highest BCUT2D eigenvalue weighted by atomic mass is 127. The summed E-state index contributed by atoms with van der Waals surface area (Å²) in [6.45, 7) is 5.86. The number of halogens is 2. The SMILES string of the molecule is CCNC(=NCCc1c[nH]c2ccc(F)cc12)N1CCCC1.I. The van der Waals surface area contributed by atoms with E-state index in [1.54, 1.807) is 12.1 Å². The molecule has 3 rings (SSSR count). The third kappa shape index (κ3) is 4.37. The fourth-order valence-corrected chi connectivity index (χ4v) is 2.99. The molecule has 126 valence electrons. The highest BCUT2D eigenvalue weighted by Crippen LogP contribution is 2.20. The van der Waals surface area contributed by atoms with Crippen LogP contribution in [0.1, 0.15) is 25.3 Å². The van der Waals surface area contributed by atoms with Crippen LogP contribution in [0.3, 0.4) is 0 Å². The first-order valence-corrected chi connectivity index (χ1v) is 8.06. The summed E-state index contributed by atoms with van der Waals surface area (Å²) in [5, 5.41) is 4.32. The molecule has 1 aromatic carbocycles. The maximum atomic E-state index is 13.4. The predicted molar refractivity (Wildman–Crippen MR) is 104 cm³/mol. The minimum atomic E-state index is -0.192. The van der Waals surface area contributed by atoms with E-state index in [0.717, 1.165) is 48.5 Å². The third-order valence-electron chi connectivity index (χ3n) is 4.11. The molecule has 4 nitrogen and oxygen atoms in total. The maximum absolute atomic E-state index is 13.4. The summed E-state index contributed by atoms with van der Waals surface area (Å²) in [7, 11) is 0. The van der Waals surface area contributed by atoms with Crippen LogP contribution in [-0.4, -0.2) is 42.0 Å². The number of hydrogen-bond donors (Lipinski definition) is 2. The molecule has 1 fully saturated rings. The zero-order valence-corrected chi connectivity index (χ0v) is 15.8. The number of hydrogen-bond acceptors (Lipinski definition) is 1. The molecule has 1 aromatic heterocycles. The summed E-state index contributed by atoms with van der Waals surface area (Å²) in [6, 6.07) is 4.86. The number of guanidine groups is 1. The first kappa shape index (κ1) is 18.0. The molecule has 1 saturated heterocycles. The normalized spacial score (nSPS) is 15.0. The second-order valence-corrected chi connectivity index (χ2v) is 5.68. The molecule has 0 atom stereocenters. The van der Waals surface area contributed by atoms with Crippen molar-refractivity contribution in [1.29, 1.82) is 0 Å². The van der Waals surface area contributed by atoms with E-state index in [-0.39, 0.29) is 29.8 Å². The van der Waals surface area contributed by atoms with Crippen molar-refractivity contribution in [2.45, 2.75) is 26.2 Å². The summed E-state index contributed by atoms with van der Waals surface area (Å²) in [5.41, 5.74) is 2.10. The Morgan fingerprint density at radius 3 is 2.87 bits per heavy atom. The van der Waals surface area contributed by atoms with E-state index in [2.05, 4.69) is 22.1 Å². The summed E-state index contributed by atoms with van der Waals surface area (Å²) in [6.07, 6.45) is 5.26. The lowest BCUT2D eigenvalue weighted by Crippen LogP contribution is -2.39. The first-order valence-electron chi connectivity index (χ1n) is 8.06. The molecular weight excluding hydrogens is 406 g/mol. The number of rotatable bonds is 4. The highest BCUT2D eigenvalue weighted by molar-refractivity contribution is 14.0. The van der Waals surface area contributed by atoms with Crippen LogP contribution in [0.4, 0.5) is 4.39 Å². The number of likely N-dealkylation sites (tertiary alicyclic amines) is 1. The quantitative estimate of drug-likeness (QED) is 0.443. The molecule has 6 heteroatoms. The van der Waals surface area contributed by atoms with Crippen LogP contribution in [0, 0.1) is 5.82 Å². The Morgan fingerprint density at radius 1 is 1.35 bits per heavy atom. The van der Waals surface area contributed by atoms with Crippen molar-refractivity contribution < 1.29 is 4.39 Å². The summed E-state index contributed by atoms with van der Waals surface area (Å²) in [4.78, 5) is 10.2. The van der Waals surface area contributed by atoms with Gasteiger partial charge in [0.2, 0.25) is 0 Å². The van der Waals surface area contributed by atoms with Gasteiger partial charge in [0.1, 0.15) is 5.82 Å². The van der Waals surface area contributed by atoms with E-state index in [9.17, 15) is 4.39 Å². The molecule has 1 aliphatic heterocycles. The van der Waals surface area contributed by atoms with Crippen molar-refractivity contribution in [2.75, 3.05) is 26.2 Å². The lowest BCUT2D eigenvalue weighted by Gasteiger charge is -2.20.